The Labute approximate surface area is 172 Å². The highest BCUT2D eigenvalue weighted by Gasteiger charge is 2.26. The van der Waals surface area contributed by atoms with Gasteiger partial charge in [-0.1, -0.05) is 18.2 Å². The molecule has 1 fully saturated rings. The zero-order valence-electron chi connectivity index (χ0n) is 17.5. The third-order valence-corrected chi connectivity index (χ3v) is 5.19. The molecule has 156 valence electrons. The second-order valence-electron chi connectivity index (χ2n) is 7.27. The molecule has 1 atom stereocenters. The third-order valence-electron chi connectivity index (χ3n) is 5.19. The molecule has 29 heavy (non-hydrogen) atoms. The first-order chi connectivity index (χ1) is 14.0. The first-order valence-electron chi connectivity index (χ1n) is 9.90. The summed E-state index contributed by atoms with van der Waals surface area (Å²) >= 11 is 0. The van der Waals surface area contributed by atoms with Gasteiger partial charge in [0.05, 0.1) is 25.5 Å². The minimum Gasteiger partial charge on any atom is -0.497 e. The van der Waals surface area contributed by atoms with E-state index in [9.17, 15) is 4.79 Å². The zero-order valence-corrected chi connectivity index (χ0v) is 17.5. The van der Waals surface area contributed by atoms with E-state index in [0.717, 1.165) is 36.6 Å². The Morgan fingerprint density at radius 3 is 2.66 bits per heavy atom. The topological polar surface area (TPSA) is 59.8 Å². The van der Waals surface area contributed by atoms with E-state index in [2.05, 4.69) is 22.6 Å². The van der Waals surface area contributed by atoms with Crippen LogP contribution in [0.3, 0.4) is 0 Å². The quantitative estimate of drug-likeness (QED) is 0.639. The number of aromatic nitrogens is 2. The summed E-state index contributed by atoms with van der Waals surface area (Å²) in [5, 5.41) is 4.28. The van der Waals surface area contributed by atoms with Crippen molar-refractivity contribution in [1.82, 2.24) is 19.6 Å². The summed E-state index contributed by atoms with van der Waals surface area (Å²) in [6, 6.07) is 9.82. The number of carbonyl (C=O) groups is 1. The van der Waals surface area contributed by atoms with Gasteiger partial charge in [0, 0.05) is 39.8 Å². The molecule has 3 rings (SSSR count). The van der Waals surface area contributed by atoms with Gasteiger partial charge in [-0.05, 0) is 30.7 Å². The minimum atomic E-state index is -0.0786. The van der Waals surface area contributed by atoms with Crippen molar-refractivity contribution in [3.8, 4) is 5.75 Å². The van der Waals surface area contributed by atoms with Crippen LogP contribution in [0.5, 0.6) is 5.75 Å². The molecule has 1 aromatic carbocycles. The monoisotopic (exact) mass is 398 g/mol. The van der Waals surface area contributed by atoms with Crippen LogP contribution in [0, 0.1) is 6.92 Å². The maximum Gasteiger partial charge on any atom is 0.272 e. The predicted octanol–water partition coefficient (Wildman–Crippen LogP) is 2.44. The van der Waals surface area contributed by atoms with Crippen LogP contribution in [0.1, 0.15) is 27.8 Å². The lowest BCUT2D eigenvalue weighted by molar-refractivity contribution is 0.0242. The third kappa shape index (κ3) is 5.25. The molecular weight excluding hydrogens is 368 g/mol. The van der Waals surface area contributed by atoms with Gasteiger partial charge in [-0.3, -0.25) is 14.4 Å². The molecule has 1 saturated heterocycles. The van der Waals surface area contributed by atoms with Gasteiger partial charge < -0.3 is 14.4 Å². The summed E-state index contributed by atoms with van der Waals surface area (Å²) in [5.41, 5.74) is 2.57. The highest BCUT2D eigenvalue weighted by Crippen LogP contribution is 2.24. The molecule has 1 aromatic heterocycles. The van der Waals surface area contributed by atoms with Crippen molar-refractivity contribution in [2.75, 3.05) is 46.4 Å². The predicted molar refractivity (Wildman–Crippen MR) is 112 cm³/mol. The molecular formula is C22H30N4O3. The van der Waals surface area contributed by atoms with Gasteiger partial charge >= 0.3 is 0 Å². The number of nitrogens with zero attached hydrogens (tertiary/aromatic N) is 4. The fourth-order valence-corrected chi connectivity index (χ4v) is 3.62. The van der Waals surface area contributed by atoms with Crippen LogP contribution < -0.4 is 4.74 Å². The van der Waals surface area contributed by atoms with E-state index < -0.39 is 0 Å². The van der Waals surface area contributed by atoms with E-state index in [1.165, 1.54) is 0 Å². The molecule has 0 spiro atoms. The van der Waals surface area contributed by atoms with Gasteiger partial charge in [-0.15, -0.1) is 6.58 Å². The SMILES string of the molecule is C=CCOC(CN1CCN(C(=O)c2cc(C)nn2C)CC1)c1cccc(OC)c1. The van der Waals surface area contributed by atoms with Crippen molar-refractivity contribution in [3.05, 3.63) is 59.9 Å². The maximum absolute atomic E-state index is 12.8. The Kier molecular flexibility index (Phi) is 7.06. The number of benzene rings is 1. The molecule has 0 radical (unpaired) electrons. The van der Waals surface area contributed by atoms with Crippen LogP contribution in [-0.2, 0) is 11.8 Å². The summed E-state index contributed by atoms with van der Waals surface area (Å²) in [5.74, 6) is 0.858. The van der Waals surface area contributed by atoms with Gasteiger partial charge in [0.25, 0.3) is 5.91 Å². The number of ether oxygens (including phenoxy) is 2. The molecule has 2 heterocycles. The smallest absolute Gasteiger partial charge is 0.272 e. The summed E-state index contributed by atoms with van der Waals surface area (Å²) in [6.45, 7) is 9.89. The van der Waals surface area contributed by atoms with Crippen LogP contribution in [0.2, 0.25) is 0 Å². The van der Waals surface area contributed by atoms with Crippen LogP contribution in [0.15, 0.2) is 43.0 Å². The summed E-state index contributed by atoms with van der Waals surface area (Å²) in [6.07, 6.45) is 1.68. The molecule has 1 aliphatic heterocycles. The Hall–Kier alpha value is -2.64. The number of carbonyl (C=O) groups excluding carboxylic acids is 1. The normalized spacial score (nSPS) is 15.9. The number of hydrogen-bond donors (Lipinski definition) is 0. The molecule has 1 aliphatic rings. The molecule has 7 heteroatoms. The average molecular weight is 399 g/mol. The van der Waals surface area contributed by atoms with Gasteiger partial charge in [-0.25, -0.2) is 0 Å². The van der Waals surface area contributed by atoms with Crippen LogP contribution >= 0.6 is 0 Å². The van der Waals surface area contributed by atoms with Gasteiger partial charge in [-0.2, -0.15) is 5.10 Å². The van der Waals surface area contributed by atoms with Gasteiger partial charge in [0.1, 0.15) is 11.4 Å². The summed E-state index contributed by atoms with van der Waals surface area (Å²) < 4.78 is 13.0. The van der Waals surface area contributed by atoms with Crippen molar-refractivity contribution in [2.24, 2.45) is 7.05 Å². The number of hydrogen-bond acceptors (Lipinski definition) is 5. The molecule has 0 N–H and O–H groups in total. The lowest BCUT2D eigenvalue weighted by atomic mass is 10.1. The van der Waals surface area contributed by atoms with Crippen LogP contribution in [0.4, 0.5) is 0 Å². The standard InChI is InChI=1S/C22H30N4O3/c1-5-13-29-21(18-7-6-8-19(15-18)28-4)16-25-9-11-26(12-10-25)22(27)20-14-17(2)23-24(20)3/h5-8,14-15,21H,1,9-13,16H2,2-4H3. The zero-order chi connectivity index (χ0) is 20.8. The second-order valence-corrected chi connectivity index (χ2v) is 7.27. The molecule has 0 bridgehead atoms. The van der Waals surface area contributed by atoms with Crippen molar-refractivity contribution in [3.63, 3.8) is 0 Å². The number of methoxy groups -OCH3 is 1. The molecule has 0 saturated carbocycles. The minimum absolute atomic E-state index is 0.0417. The average Bonchev–Trinajstić information content (AvgIpc) is 3.09. The van der Waals surface area contributed by atoms with Gasteiger partial charge in [0.2, 0.25) is 0 Å². The van der Waals surface area contributed by atoms with E-state index in [1.54, 1.807) is 17.9 Å². The fraction of sp³-hybridized carbons (Fsp3) is 0.455. The second kappa shape index (κ2) is 9.71. The number of rotatable bonds is 8. The molecule has 0 aliphatic carbocycles. The molecule has 1 unspecified atom stereocenters. The Bertz CT molecular complexity index is 840. The maximum atomic E-state index is 12.8. The lowest BCUT2D eigenvalue weighted by Gasteiger charge is -2.36. The van der Waals surface area contributed by atoms with E-state index in [4.69, 9.17) is 9.47 Å². The van der Waals surface area contributed by atoms with Crippen molar-refractivity contribution >= 4 is 5.91 Å². The highest BCUT2D eigenvalue weighted by molar-refractivity contribution is 5.92. The van der Waals surface area contributed by atoms with E-state index in [0.29, 0.717) is 25.4 Å². The number of amides is 1. The van der Waals surface area contributed by atoms with E-state index >= 15 is 0 Å². The van der Waals surface area contributed by atoms with Crippen molar-refractivity contribution in [1.29, 1.82) is 0 Å². The summed E-state index contributed by atoms with van der Waals surface area (Å²) in [4.78, 5) is 17.0. The number of piperazine rings is 1. The van der Waals surface area contributed by atoms with Gasteiger partial charge in [0.15, 0.2) is 0 Å². The summed E-state index contributed by atoms with van der Waals surface area (Å²) in [7, 11) is 3.48. The van der Waals surface area contributed by atoms with E-state index in [1.807, 2.05) is 43.1 Å². The van der Waals surface area contributed by atoms with Crippen LogP contribution in [0.25, 0.3) is 0 Å². The molecule has 1 amide bonds. The van der Waals surface area contributed by atoms with E-state index in [-0.39, 0.29) is 12.0 Å². The molecule has 7 nitrogen and oxygen atoms in total. The Morgan fingerprint density at radius 2 is 2.03 bits per heavy atom. The fourth-order valence-electron chi connectivity index (χ4n) is 3.62. The molecule has 2 aromatic rings. The number of aryl methyl sites for hydroxylation is 2. The first-order valence-corrected chi connectivity index (χ1v) is 9.90. The van der Waals surface area contributed by atoms with Crippen LogP contribution in [-0.4, -0.2) is 71.9 Å². The van der Waals surface area contributed by atoms with Crippen molar-refractivity contribution < 1.29 is 14.3 Å². The Morgan fingerprint density at radius 1 is 1.28 bits per heavy atom. The van der Waals surface area contributed by atoms with Crippen molar-refractivity contribution in [2.45, 2.75) is 13.0 Å². The highest BCUT2D eigenvalue weighted by atomic mass is 16.5. The Balaban J connectivity index is 1.61. The lowest BCUT2D eigenvalue weighted by Crippen LogP contribution is -2.50. The largest absolute Gasteiger partial charge is 0.497 e. The first kappa shape index (κ1) is 21.1.